The number of anilines is 1. The van der Waals surface area contributed by atoms with Gasteiger partial charge in [-0.15, -0.1) is 0 Å². The number of amides is 2. The summed E-state index contributed by atoms with van der Waals surface area (Å²) in [6.07, 6.45) is 0.389. The van der Waals surface area contributed by atoms with Crippen LogP contribution < -0.4 is 9.62 Å². The standard InChI is InChI=1S/C21H19F3N4O4S/c1-2-33(30,31)26-11-8-12-10-28(21(29)27(12)9-11)20-18-13(6-7-16(24)19(18)32-25-20)17-14(22)4-3-5-15(17)23/h3-7,11-12,26H,2,8-10H2,1H3/t11-,12-/m0/s1. The molecule has 2 amide bonds. The third-order valence-electron chi connectivity index (χ3n) is 6.06. The van der Waals surface area contributed by atoms with E-state index in [0.717, 1.165) is 18.2 Å². The topological polar surface area (TPSA) is 95.7 Å². The molecule has 174 valence electrons. The largest absolute Gasteiger partial charge is 0.351 e. The number of carbonyl (C=O) groups is 1. The Balaban J connectivity index is 1.53. The fourth-order valence-electron chi connectivity index (χ4n) is 4.52. The van der Waals surface area contributed by atoms with E-state index < -0.39 is 39.5 Å². The lowest BCUT2D eigenvalue weighted by atomic mass is 10.00. The molecule has 2 aliphatic rings. The summed E-state index contributed by atoms with van der Waals surface area (Å²) in [6.45, 7) is 1.83. The van der Waals surface area contributed by atoms with Gasteiger partial charge in [0.15, 0.2) is 11.6 Å². The lowest BCUT2D eigenvalue weighted by Crippen LogP contribution is -2.41. The number of nitrogens with one attached hydrogen (secondary N) is 1. The first-order chi connectivity index (χ1) is 15.7. The molecular formula is C21H19F3N4O4S. The van der Waals surface area contributed by atoms with E-state index in [1.54, 1.807) is 0 Å². The third kappa shape index (κ3) is 3.53. The number of nitrogens with zero attached hydrogens (tertiary/aromatic N) is 3. The van der Waals surface area contributed by atoms with E-state index in [1.165, 1.54) is 28.9 Å². The van der Waals surface area contributed by atoms with Crippen molar-refractivity contribution in [3.63, 3.8) is 0 Å². The van der Waals surface area contributed by atoms with Crippen LogP contribution in [0.3, 0.4) is 0 Å². The van der Waals surface area contributed by atoms with Crippen LogP contribution in [-0.2, 0) is 10.0 Å². The Bertz CT molecular complexity index is 1360. The van der Waals surface area contributed by atoms with E-state index in [0.29, 0.717) is 6.42 Å². The number of urea groups is 1. The maximum absolute atomic E-state index is 14.5. The molecule has 2 saturated heterocycles. The van der Waals surface area contributed by atoms with E-state index in [-0.39, 0.29) is 52.8 Å². The van der Waals surface area contributed by atoms with Crippen molar-refractivity contribution in [2.75, 3.05) is 23.7 Å². The summed E-state index contributed by atoms with van der Waals surface area (Å²) in [4.78, 5) is 15.9. The molecule has 12 heteroatoms. The third-order valence-corrected chi connectivity index (χ3v) is 7.51. The number of carbonyl (C=O) groups excluding carboxylic acids is 1. The van der Waals surface area contributed by atoms with Gasteiger partial charge in [0.05, 0.1) is 22.7 Å². The van der Waals surface area contributed by atoms with Gasteiger partial charge in [0.25, 0.3) is 0 Å². The lowest BCUT2D eigenvalue weighted by Gasteiger charge is -2.18. The lowest BCUT2D eigenvalue weighted by molar-refractivity contribution is 0.218. The van der Waals surface area contributed by atoms with Crippen molar-refractivity contribution in [2.45, 2.75) is 25.4 Å². The molecule has 0 unspecified atom stereocenters. The first kappa shape index (κ1) is 21.7. The Hall–Kier alpha value is -3.12. The van der Waals surface area contributed by atoms with Crippen LogP contribution in [0.4, 0.5) is 23.8 Å². The van der Waals surface area contributed by atoms with Gasteiger partial charge < -0.3 is 9.42 Å². The van der Waals surface area contributed by atoms with Gasteiger partial charge in [-0.05, 0) is 31.5 Å². The van der Waals surface area contributed by atoms with E-state index in [2.05, 4.69) is 9.88 Å². The summed E-state index contributed by atoms with van der Waals surface area (Å²) in [6, 6.07) is 4.41. The predicted molar refractivity (Wildman–Crippen MR) is 114 cm³/mol. The van der Waals surface area contributed by atoms with Gasteiger partial charge in [-0.3, -0.25) is 4.90 Å². The molecule has 0 aliphatic carbocycles. The summed E-state index contributed by atoms with van der Waals surface area (Å²) in [5.74, 6) is -2.61. The smallest absolute Gasteiger partial charge is 0.326 e. The summed E-state index contributed by atoms with van der Waals surface area (Å²) in [7, 11) is -3.43. The molecule has 0 saturated carbocycles. The molecule has 0 spiro atoms. The molecule has 5 rings (SSSR count). The van der Waals surface area contributed by atoms with Crippen LogP contribution in [0.25, 0.3) is 22.1 Å². The number of benzene rings is 2. The van der Waals surface area contributed by atoms with Gasteiger partial charge in [-0.1, -0.05) is 17.3 Å². The highest BCUT2D eigenvalue weighted by Crippen LogP contribution is 2.41. The second-order valence-electron chi connectivity index (χ2n) is 8.06. The molecule has 2 atom stereocenters. The van der Waals surface area contributed by atoms with Crippen LogP contribution in [0.15, 0.2) is 34.9 Å². The molecule has 8 nitrogen and oxygen atoms in total. The highest BCUT2D eigenvalue weighted by Gasteiger charge is 2.46. The fourth-order valence-corrected chi connectivity index (χ4v) is 5.36. The predicted octanol–water partition coefficient (Wildman–Crippen LogP) is 3.23. The molecule has 1 N–H and O–H groups in total. The van der Waals surface area contributed by atoms with Crippen molar-refractivity contribution in [2.24, 2.45) is 0 Å². The normalized spacial score (nSPS) is 20.8. The summed E-state index contributed by atoms with van der Waals surface area (Å²) in [5, 5.41) is 3.84. The van der Waals surface area contributed by atoms with Crippen LogP contribution in [0.2, 0.25) is 0 Å². The molecule has 2 fully saturated rings. The van der Waals surface area contributed by atoms with Crippen molar-refractivity contribution in [1.82, 2.24) is 14.8 Å². The maximum atomic E-state index is 14.5. The average Bonchev–Trinajstić information content (AvgIpc) is 3.44. The first-order valence-corrected chi connectivity index (χ1v) is 12.0. The minimum Gasteiger partial charge on any atom is -0.351 e. The van der Waals surface area contributed by atoms with Crippen molar-refractivity contribution >= 4 is 32.8 Å². The zero-order chi connectivity index (χ0) is 23.5. The minimum absolute atomic E-state index is 0.00620. The number of fused-ring (bicyclic) bond motifs is 2. The SMILES string of the molecule is CCS(=O)(=O)N[C@H]1C[C@H]2CN(c3noc4c(F)ccc(-c5c(F)cccc5F)c34)C(=O)N2C1. The molecule has 3 aromatic rings. The number of halogens is 3. The second kappa shape index (κ2) is 7.73. The molecule has 2 aromatic carbocycles. The second-order valence-corrected chi connectivity index (χ2v) is 10.1. The molecular weight excluding hydrogens is 461 g/mol. The van der Waals surface area contributed by atoms with Crippen molar-refractivity contribution in [3.05, 3.63) is 47.8 Å². The summed E-state index contributed by atoms with van der Waals surface area (Å²) >= 11 is 0. The van der Waals surface area contributed by atoms with E-state index in [1.807, 2.05) is 0 Å². The van der Waals surface area contributed by atoms with Crippen molar-refractivity contribution in [1.29, 1.82) is 0 Å². The van der Waals surface area contributed by atoms with Gasteiger partial charge in [0.2, 0.25) is 15.6 Å². The molecule has 0 bridgehead atoms. The number of sulfonamides is 1. The molecule has 2 aliphatic heterocycles. The Labute approximate surface area is 187 Å². The minimum atomic E-state index is -3.43. The number of aromatic nitrogens is 1. The van der Waals surface area contributed by atoms with Crippen molar-refractivity contribution < 1.29 is 30.9 Å². The van der Waals surface area contributed by atoms with Crippen molar-refractivity contribution in [3.8, 4) is 11.1 Å². The molecule has 33 heavy (non-hydrogen) atoms. The van der Waals surface area contributed by atoms with Gasteiger partial charge in [0, 0.05) is 24.7 Å². The number of hydrogen-bond donors (Lipinski definition) is 1. The molecule has 0 radical (unpaired) electrons. The zero-order valence-corrected chi connectivity index (χ0v) is 18.2. The maximum Gasteiger partial charge on any atom is 0.326 e. The van der Waals surface area contributed by atoms with E-state index in [9.17, 15) is 26.4 Å². The Morgan fingerprint density at radius 3 is 2.52 bits per heavy atom. The summed E-state index contributed by atoms with van der Waals surface area (Å²) < 4.78 is 74.9. The first-order valence-electron chi connectivity index (χ1n) is 10.3. The monoisotopic (exact) mass is 480 g/mol. The van der Waals surface area contributed by atoms with E-state index >= 15 is 0 Å². The van der Waals surface area contributed by atoms with Gasteiger partial charge in [-0.2, -0.15) is 0 Å². The van der Waals surface area contributed by atoms with Crippen LogP contribution >= 0.6 is 0 Å². The van der Waals surface area contributed by atoms with Crippen LogP contribution in [-0.4, -0.2) is 55.4 Å². The highest BCUT2D eigenvalue weighted by atomic mass is 32.2. The Kier molecular flexibility index (Phi) is 5.09. The highest BCUT2D eigenvalue weighted by molar-refractivity contribution is 7.89. The van der Waals surface area contributed by atoms with Gasteiger partial charge >= 0.3 is 6.03 Å². The van der Waals surface area contributed by atoms with E-state index in [4.69, 9.17) is 4.52 Å². The van der Waals surface area contributed by atoms with Gasteiger partial charge in [0.1, 0.15) is 11.6 Å². The summed E-state index contributed by atoms with van der Waals surface area (Å²) in [5.41, 5.74) is -0.696. The Morgan fingerprint density at radius 1 is 1.12 bits per heavy atom. The number of hydrogen-bond acceptors (Lipinski definition) is 5. The van der Waals surface area contributed by atoms with Crippen LogP contribution in [0.5, 0.6) is 0 Å². The zero-order valence-electron chi connectivity index (χ0n) is 17.4. The Morgan fingerprint density at radius 2 is 1.85 bits per heavy atom. The van der Waals surface area contributed by atoms with Gasteiger partial charge in [-0.25, -0.2) is 31.1 Å². The number of rotatable bonds is 5. The fraction of sp³-hybridized carbons (Fsp3) is 0.333. The quantitative estimate of drug-likeness (QED) is 0.605. The average molecular weight is 480 g/mol. The molecule has 3 heterocycles. The van der Waals surface area contributed by atoms with Crippen LogP contribution in [0.1, 0.15) is 13.3 Å². The molecule has 1 aromatic heterocycles. The van der Waals surface area contributed by atoms with Crippen LogP contribution in [0, 0.1) is 17.5 Å².